The van der Waals surface area contributed by atoms with Crippen LogP contribution in [0.4, 0.5) is 0 Å². The molecule has 1 fully saturated rings. The van der Waals surface area contributed by atoms with Crippen LogP contribution in [0.5, 0.6) is 5.75 Å². The predicted octanol–water partition coefficient (Wildman–Crippen LogP) is 2.26. The van der Waals surface area contributed by atoms with Crippen LogP contribution in [-0.4, -0.2) is 34.4 Å². The summed E-state index contributed by atoms with van der Waals surface area (Å²) in [6.45, 7) is 0.992. The average Bonchev–Trinajstić information content (AvgIpc) is 3.23. The number of primary amides is 1. The Morgan fingerprint density at radius 1 is 1.24 bits per heavy atom. The third-order valence-corrected chi connectivity index (χ3v) is 4.62. The summed E-state index contributed by atoms with van der Waals surface area (Å²) in [5.74, 6) is -0.0475. The van der Waals surface area contributed by atoms with E-state index in [0.29, 0.717) is 11.3 Å². The molecule has 2 heterocycles. The van der Waals surface area contributed by atoms with Gasteiger partial charge in [-0.25, -0.2) is 0 Å². The molecule has 1 aliphatic rings. The van der Waals surface area contributed by atoms with Crippen LogP contribution in [-0.2, 0) is 11.8 Å². The maximum atomic E-state index is 12.6. The SMILES string of the molecule is Cn1cccc1[C@@H]1CCCN1C(=O)CCOc1ccccc1C(N)=O. The summed E-state index contributed by atoms with van der Waals surface area (Å²) in [6.07, 6.45) is 4.26. The van der Waals surface area contributed by atoms with E-state index in [1.165, 1.54) is 0 Å². The summed E-state index contributed by atoms with van der Waals surface area (Å²) in [6, 6.07) is 11.0. The van der Waals surface area contributed by atoms with E-state index in [2.05, 4.69) is 10.6 Å². The van der Waals surface area contributed by atoms with Gasteiger partial charge in [0.2, 0.25) is 5.91 Å². The molecule has 2 aromatic rings. The molecule has 3 rings (SSSR count). The average molecular weight is 341 g/mol. The highest BCUT2D eigenvalue weighted by Gasteiger charge is 2.30. The van der Waals surface area contributed by atoms with Gasteiger partial charge in [-0.05, 0) is 37.1 Å². The lowest BCUT2D eigenvalue weighted by atomic mass is 10.1. The summed E-state index contributed by atoms with van der Waals surface area (Å²) in [5.41, 5.74) is 6.83. The van der Waals surface area contributed by atoms with Gasteiger partial charge in [0.1, 0.15) is 5.75 Å². The molecule has 0 aliphatic carbocycles. The van der Waals surface area contributed by atoms with Crippen LogP contribution in [0, 0.1) is 0 Å². The molecule has 6 heteroatoms. The molecule has 1 aliphatic heterocycles. The van der Waals surface area contributed by atoms with Gasteiger partial charge < -0.3 is 19.9 Å². The fourth-order valence-electron chi connectivity index (χ4n) is 3.38. The van der Waals surface area contributed by atoms with Crippen LogP contribution in [0.2, 0.25) is 0 Å². The Kier molecular flexibility index (Phi) is 5.07. The number of amides is 2. The Labute approximate surface area is 147 Å². The molecule has 0 spiro atoms. The topological polar surface area (TPSA) is 77.6 Å². The molecule has 0 saturated carbocycles. The molecule has 132 valence electrons. The van der Waals surface area contributed by atoms with Crippen molar-refractivity contribution >= 4 is 11.8 Å². The number of hydrogen-bond donors (Lipinski definition) is 1. The van der Waals surface area contributed by atoms with Crippen molar-refractivity contribution in [1.82, 2.24) is 9.47 Å². The number of carbonyl (C=O) groups excluding carboxylic acids is 2. The Bertz CT molecular complexity index is 769. The fraction of sp³-hybridized carbons (Fsp3) is 0.368. The number of nitrogens with two attached hydrogens (primary N) is 1. The second kappa shape index (κ2) is 7.42. The number of carbonyl (C=O) groups is 2. The summed E-state index contributed by atoms with van der Waals surface area (Å²) in [4.78, 5) is 25.9. The van der Waals surface area contributed by atoms with Gasteiger partial charge in [-0.15, -0.1) is 0 Å². The van der Waals surface area contributed by atoms with E-state index >= 15 is 0 Å². The second-order valence-corrected chi connectivity index (χ2v) is 6.25. The number of aryl methyl sites for hydroxylation is 1. The van der Waals surface area contributed by atoms with Crippen molar-refractivity contribution in [3.63, 3.8) is 0 Å². The van der Waals surface area contributed by atoms with Gasteiger partial charge in [0.15, 0.2) is 0 Å². The van der Waals surface area contributed by atoms with Crippen molar-refractivity contribution < 1.29 is 14.3 Å². The molecule has 2 N–H and O–H groups in total. The van der Waals surface area contributed by atoms with E-state index in [1.807, 2.05) is 24.2 Å². The van der Waals surface area contributed by atoms with Crippen LogP contribution in [0.3, 0.4) is 0 Å². The minimum atomic E-state index is -0.537. The molecule has 25 heavy (non-hydrogen) atoms. The molecule has 1 aromatic carbocycles. The van der Waals surface area contributed by atoms with E-state index in [1.54, 1.807) is 24.3 Å². The first-order valence-corrected chi connectivity index (χ1v) is 8.50. The number of hydrogen-bond acceptors (Lipinski definition) is 3. The van der Waals surface area contributed by atoms with Crippen LogP contribution in [0.1, 0.15) is 41.4 Å². The minimum Gasteiger partial charge on any atom is -0.492 e. The maximum Gasteiger partial charge on any atom is 0.252 e. The summed E-state index contributed by atoms with van der Waals surface area (Å²) >= 11 is 0. The molecule has 0 bridgehead atoms. The highest BCUT2D eigenvalue weighted by atomic mass is 16.5. The quantitative estimate of drug-likeness (QED) is 0.875. The lowest BCUT2D eigenvalue weighted by Gasteiger charge is -2.25. The maximum absolute atomic E-state index is 12.6. The van der Waals surface area contributed by atoms with E-state index in [9.17, 15) is 9.59 Å². The summed E-state index contributed by atoms with van der Waals surface area (Å²) < 4.78 is 7.69. The minimum absolute atomic E-state index is 0.0697. The second-order valence-electron chi connectivity index (χ2n) is 6.25. The fourth-order valence-corrected chi connectivity index (χ4v) is 3.38. The van der Waals surface area contributed by atoms with E-state index in [4.69, 9.17) is 10.5 Å². The van der Waals surface area contributed by atoms with Crippen LogP contribution in [0.25, 0.3) is 0 Å². The molecule has 0 radical (unpaired) electrons. The van der Waals surface area contributed by atoms with Gasteiger partial charge in [-0.1, -0.05) is 12.1 Å². The number of nitrogens with zero attached hydrogens (tertiary/aromatic N) is 2. The normalized spacial score (nSPS) is 16.8. The standard InChI is InChI=1S/C19H23N3O3/c1-21-11-4-7-15(21)16-8-5-12-22(16)18(23)10-13-25-17-9-3-2-6-14(17)19(20)24/h2-4,6-7,9,11,16H,5,8,10,12-13H2,1H3,(H2,20,24)/t16-/m0/s1. The summed E-state index contributed by atoms with van der Waals surface area (Å²) in [5, 5.41) is 0. The number of likely N-dealkylation sites (tertiary alicyclic amines) is 1. The lowest BCUT2D eigenvalue weighted by molar-refractivity contribution is -0.132. The van der Waals surface area contributed by atoms with Crippen molar-refractivity contribution in [2.75, 3.05) is 13.2 Å². The zero-order chi connectivity index (χ0) is 17.8. The van der Waals surface area contributed by atoms with E-state index in [-0.39, 0.29) is 25.0 Å². The molecular formula is C19H23N3O3. The number of rotatable bonds is 6. The third-order valence-electron chi connectivity index (χ3n) is 4.62. The Morgan fingerprint density at radius 3 is 2.76 bits per heavy atom. The molecule has 1 atom stereocenters. The molecule has 1 saturated heterocycles. The van der Waals surface area contributed by atoms with Crippen molar-refractivity contribution in [2.45, 2.75) is 25.3 Å². The van der Waals surface area contributed by atoms with Crippen LogP contribution < -0.4 is 10.5 Å². The highest BCUT2D eigenvalue weighted by molar-refractivity contribution is 5.95. The largest absolute Gasteiger partial charge is 0.492 e. The number of benzene rings is 1. The molecule has 2 amide bonds. The summed E-state index contributed by atoms with van der Waals surface area (Å²) in [7, 11) is 2.00. The van der Waals surface area contributed by atoms with Gasteiger partial charge in [0.05, 0.1) is 24.6 Å². The van der Waals surface area contributed by atoms with Crippen molar-refractivity contribution in [1.29, 1.82) is 0 Å². The molecule has 1 aromatic heterocycles. The first kappa shape index (κ1) is 17.1. The molecule has 6 nitrogen and oxygen atoms in total. The van der Waals surface area contributed by atoms with E-state index < -0.39 is 5.91 Å². The Morgan fingerprint density at radius 2 is 2.04 bits per heavy atom. The highest BCUT2D eigenvalue weighted by Crippen LogP contribution is 2.32. The Hall–Kier alpha value is -2.76. The van der Waals surface area contributed by atoms with Crippen molar-refractivity contribution in [3.8, 4) is 5.75 Å². The molecular weight excluding hydrogens is 318 g/mol. The Balaban J connectivity index is 1.60. The zero-order valence-corrected chi connectivity index (χ0v) is 14.4. The first-order valence-electron chi connectivity index (χ1n) is 8.50. The van der Waals surface area contributed by atoms with Crippen molar-refractivity contribution in [3.05, 3.63) is 53.9 Å². The smallest absolute Gasteiger partial charge is 0.252 e. The van der Waals surface area contributed by atoms with Gasteiger partial charge in [-0.3, -0.25) is 9.59 Å². The predicted molar refractivity (Wildman–Crippen MR) is 94.2 cm³/mol. The van der Waals surface area contributed by atoms with Crippen LogP contribution >= 0.6 is 0 Å². The molecule has 0 unspecified atom stereocenters. The zero-order valence-electron chi connectivity index (χ0n) is 14.4. The number of aromatic nitrogens is 1. The lowest BCUT2D eigenvalue weighted by Crippen LogP contribution is -2.32. The monoisotopic (exact) mass is 341 g/mol. The van der Waals surface area contributed by atoms with Gasteiger partial charge in [0.25, 0.3) is 5.91 Å². The number of ether oxygens (including phenoxy) is 1. The van der Waals surface area contributed by atoms with Crippen LogP contribution in [0.15, 0.2) is 42.6 Å². The van der Waals surface area contributed by atoms with E-state index in [0.717, 1.165) is 25.1 Å². The van der Waals surface area contributed by atoms with Gasteiger partial charge >= 0.3 is 0 Å². The number of para-hydroxylation sites is 1. The third kappa shape index (κ3) is 3.68. The van der Waals surface area contributed by atoms with Gasteiger partial charge in [0, 0.05) is 25.5 Å². The van der Waals surface area contributed by atoms with Crippen molar-refractivity contribution in [2.24, 2.45) is 12.8 Å². The first-order chi connectivity index (χ1) is 12.1. The van der Waals surface area contributed by atoms with Gasteiger partial charge in [-0.2, -0.15) is 0 Å².